The van der Waals surface area contributed by atoms with E-state index in [1.54, 1.807) is 13.3 Å². The third kappa shape index (κ3) is 3.75. The maximum Gasteiger partial charge on any atom is 0.213 e. The predicted molar refractivity (Wildman–Crippen MR) is 57.4 cm³/mol. The molecule has 78 valence electrons. The molecule has 0 fully saturated rings. The van der Waals surface area contributed by atoms with Crippen LogP contribution in [0.4, 0.5) is 0 Å². The highest BCUT2D eigenvalue weighted by molar-refractivity contribution is 5.20. The summed E-state index contributed by atoms with van der Waals surface area (Å²) in [6, 6.07) is 3.93. The van der Waals surface area contributed by atoms with Crippen LogP contribution in [-0.4, -0.2) is 17.6 Å². The summed E-state index contributed by atoms with van der Waals surface area (Å²) in [5.41, 5.74) is 1.32. The highest BCUT2D eigenvalue weighted by Gasteiger charge is 2.08. The van der Waals surface area contributed by atoms with Gasteiger partial charge in [0.25, 0.3) is 0 Å². The lowest BCUT2D eigenvalue weighted by Crippen LogP contribution is -2.35. The van der Waals surface area contributed by atoms with E-state index in [0.717, 1.165) is 6.54 Å². The Morgan fingerprint density at radius 2 is 2.14 bits per heavy atom. The molecule has 0 spiro atoms. The van der Waals surface area contributed by atoms with Gasteiger partial charge in [-0.1, -0.05) is 0 Å². The summed E-state index contributed by atoms with van der Waals surface area (Å²) in [5, 5.41) is 3.41. The monoisotopic (exact) mass is 194 g/mol. The van der Waals surface area contributed by atoms with Crippen LogP contribution in [-0.2, 0) is 6.54 Å². The summed E-state index contributed by atoms with van der Waals surface area (Å²) < 4.78 is 5.05. The van der Waals surface area contributed by atoms with Crippen LogP contribution in [0.15, 0.2) is 18.3 Å². The van der Waals surface area contributed by atoms with Crippen molar-refractivity contribution in [3.05, 3.63) is 23.9 Å². The molecule has 0 unspecified atom stereocenters. The molecular formula is C11H18N2O. The quantitative estimate of drug-likeness (QED) is 0.799. The number of rotatable bonds is 3. The van der Waals surface area contributed by atoms with E-state index >= 15 is 0 Å². The fourth-order valence-corrected chi connectivity index (χ4v) is 1.04. The van der Waals surface area contributed by atoms with Crippen LogP contribution in [0, 0.1) is 0 Å². The van der Waals surface area contributed by atoms with Gasteiger partial charge in [-0.25, -0.2) is 4.98 Å². The van der Waals surface area contributed by atoms with Gasteiger partial charge < -0.3 is 10.1 Å². The normalized spacial score (nSPS) is 11.4. The van der Waals surface area contributed by atoms with Crippen molar-refractivity contribution in [3.8, 4) is 5.88 Å². The molecular weight excluding hydrogens is 176 g/mol. The molecule has 1 N–H and O–H groups in total. The largest absolute Gasteiger partial charge is 0.481 e. The van der Waals surface area contributed by atoms with Crippen molar-refractivity contribution in [1.82, 2.24) is 10.3 Å². The molecule has 14 heavy (non-hydrogen) atoms. The van der Waals surface area contributed by atoms with Gasteiger partial charge >= 0.3 is 0 Å². The smallest absolute Gasteiger partial charge is 0.213 e. The average molecular weight is 194 g/mol. The van der Waals surface area contributed by atoms with E-state index in [4.69, 9.17) is 4.74 Å². The van der Waals surface area contributed by atoms with Gasteiger partial charge in [0.15, 0.2) is 0 Å². The first-order valence-electron chi connectivity index (χ1n) is 4.75. The first-order valence-corrected chi connectivity index (χ1v) is 4.75. The number of hydrogen-bond acceptors (Lipinski definition) is 3. The Balaban J connectivity index is 2.59. The SMILES string of the molecule is COc1cc(CNC(C)(C)C)ccn1. The Morgan fingerprint density at radius 3 is 2.71 bits per heavy atom. The Labute approximate surface area is 85.5 Å². The molecule has 0 amide bonds. The molecule has 0 atom stereocenters. The van der Waals surface area contributed by atoms with Gasteiger partial charge in [-0.2, -0.15) is 0 Å². The molecule has 0 saturated heterocycles. The molecule has 3 nitrogen and oxygen atoms in total. The predicted octanol–water partition coefficient (Wildman–Crippen LogP) is 1.98. The lowest BCUT2D eigenvalue weighted by Gasteiger charge is -2.20. The van der Waals surface area contributed by atoms with Gasteiger partial charge in [0, 0.05) is 24.3 Å². The minimum atomic E-state index is 0.135. The second kappa shape index (κ2) is 4.42. The lowest BCUT2D eigenvalue weighted by molar-refractivity contribution is 0.394. The van der Waals surface area contributed by atoms with Crippen LogP contribution in [0.25, 0.3) is 0 Å². The van der Waals surface area contributed by atoms with Gasteiger partial charge in [-0.3, -0.25) is 0 Å². The van der Waals surface area contributed by atoms with Crippen LogP contribution in [0.2, 0.25) is 0 Å². The van der Waals surface area contributed by atoms with Gasteiger partial charge in [0.1, 0.15) is 0 Å². The fourth-order valence-electron chi connectivity index (χ4n) is 1.04. The number of ether oxygens (including phenoxy) is 1. The zero-order chi connectivity index (χ0) is 10.6. The van der Waals surface area contributed by atoms with E-state index in [1.807, 2.05) is 12.1 Å². The topological polar surface area (TPSA) is 34.1 Å². The molecule has 1 aromatic heterocycles. The summed E-state index contributed by atoms with van der Waals surface area (Å²) >= 11 is 0. The Morgan fingerprint density at radius 1 is 1.43 bits per heavy atom. The zero-order valence-electron chi connectivity index (χ0n) is 9.29. The van der Waals surface area contributed by atoms with Gasteiger partial charge in [-0.05, 0) is 32.4 Å². The molecule has 0 saturated carbocycles. The third-order valence-electron chi connectivity index (χ3n) is 1.83. The average Bonchev–Trinajstić information content (AvgIpc) is 2.14. The van der Waals surface area contributed by atoms with Crippen LogP contribution in [0.3, 0.4) is 0 Å². The number of aromatic nitrogens is 1. The third-order valence-corrected chi connectivity index (χ3v) is 1.83. The molecule has 0 bridgehead atoms. The summed E-state index contributed by atoms with van der Waals surface area (Å²) in [6.45, 7) is 7.27. The molecule has 0 aliphatic carbocycles. The minimum absolute atomic E-state index is 0.135. The zero-order valence-corrected chi connectivity index (χ0v) is 9.29. The summed E-state index contributed by atoms with van der Waals surface area (Å²) in [5.74, 6) is 0.665. The molecule has 3 heteroatoms. The number of nitrogens with one attached hydrogen (secondary N) is 1. The van der Waals surface area contributed by atoms with Crippen molar-refractivity contribution in [1.29, 1.82) is 0 Å². The molecule has 0 aliphatic rings. The fraction of sp³-hybridized carbons (Fsp3) is 0.545. The molecule has 0 aliphatic heterocycles. The molecule has 0 aromatic carbocycles. The van der Waals surface area contributed by atoms with E-state index < -0.39 is 0 Å². The number of methoxy groups -OCH3 is 1. The highest BCUT2D eigenvalue weighted by atomic mass is 16.5. The van der Waals surface area contributed by atoms with Crippen molar-refractivity contribution in [2.75, 3.05) is 7.11 Å². The van der Waals surface area contributed by atoms with E-state index in [9.17, 15) is 0 Å². The second-order valence-corrected chi connectivity index (χ2v) is 4.31. The Hall–Kier alpha value is -1.09. The number of pyridine rings is 1. The van der Waals surface area contributed by atoms with Crippen LogP contribution < -0.4 is 10.1 Å². The van der Waals surface area contributed by atoms with Gasteiger partial charge in [0.2, 0.25) is 5.88 Å². The first-order chi connectivity index (χ1) is 6.51. The summed E-state index contributed by atoms with van der Waals surface area (Å²) in [7, 11) is 1.63. The van der Waals surface area contributed by atoms with Crippen molar-refractivity contribution in [2.45, 2.75) is 32.9 Å². The van der Waals surface area contributed by atoms with Crippen molar-refractivity contribution in [2.24, 2.45) is 0 Å². The van der Waals surface area contributed by atoms with E-state index in [-0.39, 0.29) is 5.54 Å². The lowest BCUT2D eigenvalue weighted by atomic mass is 10.1. The second-order valence-electron chi connectivity index (χ2n) is 4.31. The van der Waals surface area contributed by atoms with Gasteiger partial charge in [0.05, 0.1) is 7.11 Å². The Kier molecular flexibility index (Phi) is 3.47. The van der Waals surface area contributed by atoms with Crippen molar-refractivity contribution < 1.29 is 4.74 Å². The Bertz CT molecular complexity index is 292. The van der Waals surface area contributed by atoms with Crippen LogP contribution in [0.1, 0.15) is 26.3 Å². The number of hydrogen-bond donors (Lipinski definition) is 1. The molecule has 1 rings (SSSR count). The minimum Gasteiger partial charge on any atom is -0.481 e. The van der Waals surface area contributed by atoms with Gasteiger partial charge in [-0.15, -0.1) is 0 Å². The standard InChI is InChI=1S/C11H18N2O/c1-11(2,3)13-8-9-5-6-12-10(7-9)14-4/h5-7,13H,8H2,1-4H3. The summed E-state index contributed by atoms with van der Waals surface area (Å²) in [6.07, 6.45) is 1.76. The van der Waals surface area contributed by atoms with E-state index in [0.29, 0.717) is 5.88 Å². The summed E-state index contributed by atoms with van der Waals surface area (Å²) in [4.78, 5) is 4.05. The molecule has 1 aromatic rings. The van der Waals surface area contributed by atoms with Crippen LogP contribution in [0.5, 0.6) is 5.88 Å². The highest BCUT2D eigenvalue weighted by Crippen LogP contribution is 2.09. The van der Waals surface area contributed by atoms with E-state index in [1.165, 1.54) is 5.56 Å². The van der Waals surface area contributed by atoms with E-state index in [2.05, 4.69) is 31.1 Å². The first kappa shape index (κ1) is 11.0. The maximum atomic E-state index is 5.05. The number of nitrogens with zero attached hydrogens (tertiary/aromatic N) is 1. The van der Waals surface area contributed by atoms with Crippen LogP contribution >= 0.6 is 0 Å². The maximum absolute atomic E-state index is 5.05. The van der Waals surface area contributed by atoms with Crippen molar-refractivity contribution >= 4 is 0 Å². The molecule has 0 radical (unpaired) electrons. The molecule has 1 heterocycles. The van der Waals surface area contributed by atoms with Crippen molar-refractivity contribution in [3.63, 3.8) is 0 Å².